The van der Waals surface area contributed by atoms with Gasteiger partial charge in [-0.1, -0.05) is 26.0 Å². The molecule has 1 aromatic carbocycles. The fraction of sp³-hybridized carbons (Fsp3) is 0.500. The third-order valence-electron chi connectivity index (χ3n) is 3.06. The molecular weight excluding hydrogens is 288 g/mol. The molecule has 0 spiro atoms. The molecule has 2 rings (SSSR count). The number of benzene rings is 1. The van der Waals surface area contributed by atoms with E-state index < -0.39 is 11.6 Å². The molecule has 1 fully saturated rings. The van der Waals surface area contributed by atoms with Crippen LogP contribution in [0.1, 0.15) is 31.9 Å². The second kappa shape index (κ2) is 7.26. The normalized spacial score (nSPS) is 19.1. The van der Waals surface area contributed by atoms with Crippen LogP contribution in [0.4, 0.5) is 0 Å². The van der Waals surface area contributed by atoms with Crippen molar-refractivity contribution in [2.45, 2.75) is 33.3 Å². The van der Waals surface area contributed by atoms with Gasteiger partial charge in [0.15, 0.2) is 5.60 Å². The van der Waals surface area contributed by atoms with Gasteiger partial charge in [-0.05, 0) is 18.6 Å². The van der Waals surface area contributed by atoms with Gasteiger partial charge in [0.1, 0.15) is 12.4 Å². The molecule has 1 aliphatic heterocycles. The van der Waals surface area contributed by atoms with Crippen LogP contribution in [-0.4, -0.2) is 35.4 Å². The van der Waals surface area contributed by atoms with E-state index in [1.165, 1.54) is 0 Å². The third-order valence-corrected chi connectivity index (χ3v) is 3.06. The highest BCUT2D eigenvalue weighted by Crippen LogP contribution is 2.43. The van der Waals surface area contributed by atoms with E-state index in [1.807, 2.05) is 19.1 Å². The van der Waals surface area contributed by atoms with Crippen LogP contribution >= 0.6 is 0 Å². The second-order valence-electron chi connectivity index (χ2n) is 5.58. The predicted molar refractivity (Wildman–Crippen MR) is 79.6 cm³/mol. The maximum atomic E-state index is 11.4. The van der Waals surface area contributed by atoms with Crippen molar-refractivity contribution >= 4 is 11.9 Å². The largest absolute Gasteiger partial charge is 0.508 e. The molecule has 0 amide bonds. The van der Waals surface area contributed by atoms with E-state index in [4.69, 9.17) is 19.4 Å². The lowest BCUT2D eigenvalue weighted by Gasteiger charge is -2.15. The number of carbonyl (C=O) groups is 2. The highest BCUT2D eigenvalue weighted by molar-refractivity contribution is 5.71. The van der Waals surface area contributed by atoms with Crippen LogP contribution in [0, 0.1) is 12.8 Å². The minimum absolute atomic E-state index is 0.153. The predicted octanol–water partition coefficient (Wildman–Crippen LogP) is 2.22. The first kappa shape index (κ1) is 18.0. The molecule has 1 unspecified atom stereocenters. The van der Waals surface area contributed by atoms with E-state index in [2.05, 4.69) is 0 Å². The summed E-state index contributed by atoms with van der Waals surface area (Å²) in [6, 6.07) is 5.41. The van der Waals surface area contributed by atoms with Gasteiger partial charge in [0, 0.05) is 12.5 Å². The first-order valence-electron chi connectivity index (χ1n) is 6.98. The third kappa shape index (κ3) is 5.04. The molecule has 6 heteroatoms. The van der Waals surface area contributed by atoms with Crippen molar-refractivity contribution in [1.29, 1.82) is 0 Å². The molecule has 0 aliphatic carbocycles. The summed E-state index contributed by atoms with van der Waals surface area (Å²) in [4.78, 5) is 20.4. The zero-order valence-electron chi connectivity index (χ0n) is 13.3. The van der Waals surface area contributed by atoms with Gasteiger partial charge >= 0.3 is 5.97 Å². The number of aryl methyl sites for hydroxylation is 1. The fourth-order valence-corrected chi connectivity index (χ4v) is 1.79. The van der Waals surface area contributed by atoms with E-state index in [0.29, 0.717) is 12.2 Å². The maximum Gasteiger partial charge on any atom is 0.308 e. The summed E-state index contributed by atoms with van der Waals surface area (Å²) in [5.41, 5.74) is 1.01. The maximum absolute atomic E-state index is 11.4. The first-order chi connectivity index (χ1) is 10.2. The van der Waals surface area contributed by atoms with Gasteiger partial charge in [0.2, 0.25) is 0 Å². The molecule has 0 aromatic heterocycles. The second-order valence-corrected chi connectivity index (χ2v) is 5.58. The molecule has 1 heterocycles. The summed E-state index contributed by atoms with van der Waals surface area (Å²) in [6.07, 6.45) is 0. The van der Waals surface area contributed by atoms with E-state index in [1.54, 1.807) is 19.9 Å². The molecule has 6 nitrogen and oxygen atoms in total. The number of carboxylic acids is 1. The highest BCUT2D eigenvalue weighted by Gasteiger charge is 2.49. The summed E-state index contributed by atoms with van der Waals surface area (Å²) in [5, 5.41) is 17.3. The Kier molecular flexibility index (Phi) is 5.93. The summed E-state index contributed by atoms with van der Waals surface area (Å²) in [6.45, 7) is 7.18. The number of epoxide rings is 1. The number of ether oxygens (including phenoxy) is 2. The smallest absolute Gasteiger partial charge is 0.308 e. The quantitative estimate of drug-likeness (QED) is 0.654. The Morgan fingerprint density at radius 3 is 2.36 bits per heavy atom. The average molecular weight is 310 g/mol. The summed E-state index contributed by atoms with van der Waals surface area (Å²) < 4.78 is 10.6. The Labute approximate surface area is 129 Å². The Bertz CT molecular complexity index is 542. The Morgan fingerprint density at radius 2 is 1.95 bits per heavy atom. The topological polar surface area (TPSA) is 96.4 Å². The lowest BCUT2D eigenvalue weighted by molar-refractivity contribution is -0.149. The summed E-state index contributed by atoms with van der Waals surface area (Å²) in [7, 11) is 0. The summed E-state index contributed by atoms with van der Waals surface area (Å²) in [5.74, 6) is -1.06. The molecule has 0 radical (unpaired) electrons. The van der Waals surface area contributed by atoms with E-state index in [0.717, 1.165) is 12.5 Å². The van der Waals surface area contributed by atoms with Crippen LogP contribution in [0.2, 0.25) is 0 Å². The molecule has 0 bridgehead atoms. The lowest BCUT2D eigenvalue weighted by Crippen LogP contribution is -2.22. The fourth-order valence-electron chi connectivity index (χ4n) is 1.79. The van der Waals surface area contributed by atoms with Gasteiger partial charge in [-0.2, -0.15) is 0 Å². The molecule has 0 saturated carbocycles. The number of rotatable bonds is 4. The molecule has 122 valence electrons. The average Bonchev–Trinajstić information content (AvgIpc) is 3.16. The first-order valence-corrected chi connectivity index (χ1v) is 6.98. The Morgan fingerprint density at radius 1 is 1.41 bits per heavy atom. The SMILES string of the molecule is CC(=O)O.Cc1ccc(C2(COC(=O)C(C)C)CO2)c(O)c1. The number of aliphatic carboxylic acids is 1. The number of esters is 1. The van der Waals surface area contributed by atoms with Gasteiger partial charge < -0.3 is 19.7 Å². The van der Waals surface area contributed by atoms with Crippen LogP contribution < -0.4 is 0 Å². The van der Waals surface area contributed by atoms with Gasteiger partial charge in [0.25, 0.3) is 5.97 Å². The van der Waals surface area contributed by atoms with E-state index in [9.17, 15) is 9.90 Å². The Hall–Kier alpha value is -2.08. The molecule has 1 aromatic rings. The van der Waals surface area contributed by atoms with E-state index in [-0.39, 0.29) is 24.2 Å². The van der Waals surface area contributed by atoms with Gasteiger partial charge in [-0.15, -0.1) is 0 Å². The molecule has 22 heavy (non-hydrogen) atoms. The van der Waals surface area contributed by atoms with Crippen molar-refractivity contribution in [3.8, 4) is 5.75 Å². The number of phenols is 1. The molecule has 1 atom stereocenters. The van der Waals surface area contributed by atoms with Crippen molar-refractivity contribution in [2.75, 3.05) is 13.2 Å². The number of phenolic OH excluding ortho intramolecular Hbond substituents is 1. The van der Waals surface area contributed by atoms with Gasteiger partial charge in [-0.3, -0.25) is 9.59 Å². The Balaban J connectivity index is 0.000000541. The van der Waals surface area contributed by atoms with Crippen LogP contribution in [0.15, 0.2) is 18.2 Å². The van der Waals surface area contributed by atoms with Crippen molar-refractivity contribution in [2.24, 2.45) is 5.92 Å². The molecular formula is C16H22O6. The van der Waals surface area contributed by atoms with Crippen LogP contribution in [0.25, 0.3) is 0 Å². The number of hydrogen-bond acceptors (Lipinski definition) is 5. The number of hydrogen-bond donors (Lipinski definition) is 2. The zero-order valence-corrected chi connectivity index (χ0v) is 13.3. The monoisotopic (exact) mass is 310 g/mol. The minimum atomic E-state index is -0.833. The summed E-state index contributed by atoms with van der Waals surface area (Å²) >= 11 is 0. The van der Waals surface area contributed by atoms with Crippen molar-refractivity contribution in [3.05, 3.63) is 29.3 Å². The van der Waals surface area contributed by atoms with Gasteiger partial charge in [0.05, 0.1) is 12.5 Å². The van der Waals surface area contributed by atoms with E-state index >= 15 is 0 Å². The minimum Gasteiger partial charge on any atom is -0.508 e. The highest BCUT2D eigenvalue weighted by atomic mass is 16.6. The van der Waals surface area contributed by atoms with Crippen molar-refractivity contribution < 1.29 is 29.3 Å². The molecule has 1 saturated heterocycles. The number of carboxylic acid groups (broad SMARTS) is 1. The standard InChI is InChI=1S/C14H18O4.C2H4O2/c1-9(2)13(16)17-7-14(8-18-14)11-5-4-10(3)6-12(11)15;1-2(3)4/h4-6,9,15H,7-8H2,1-3H3;1H3,(H,3,4). The van der Waals surface area contributed by atoms with Crippen molar-refractivity contribution in [1.82, 2.24) is 0 Å². The zero-order chi connectivity index (χ0) is 16.9. The van der Waals surface area contributed by atoms with Crippen LogP contribution in [0.3, 0.4) is 0 Å². The van der Waals surface area contributed by atoms with Gasteiger partial charge in [-0.25, -0.2) is 0 Å². The lowest BCUT2D eigenvalue weighted by atomic mass is 9.98. The molecule has 2 N–H and O–H groups in total. The van der Waals surface area contributed by atoms with Crippen molar-refractivity contribution in [3.63, 3.8) is 0 Å². The van der Waals surface area contributed by atoms with Crippen LogP contribution in [-0.2, 0) is 24.7 Å². The number of carbonyl (C=O) groups excluding carboxylic acids is 1. The number of aromatic hydroxyl groups is 1. The van der Waals surface area contributed by atoms with Crippen LogP contribution in [0.5, 0.6) is 5.75 Å². The molecule has 1 aliphatic rings.